The van der Waals surface area contributed by atoms with Crippen LogP contribution in [0.15, 0.2) is 36.5 Å². The van der Waals surface area contributed by atoms with Crippen LogP contribution >= 0.6 is 0 Å². The van der Waals surface area contributed by atoms with Gasteiger partial charge in [0.2, 0.25) is 11.9 Å². The third-order valence-corrected chi connectivity index (χ3v) is 6.69. The van der Waals surface area contributed by atoms with Crippen molar-refractivity contribution in [1.29, 1.82) is 0 Å². The van der Waals surface area contributed by atoms with Gasteiger partial charge in [0.25, 0.3) is 0 Å². The van der Waals surface area contributed by atoms with Crippen LogP contribution in [0.1, 0.15) is 44.6 Å². The number of nitrogens with one attached hydrogen (secondary N) is 2. The summed E-state index contributed by atoms with van der Waals surface area (Å²) in [5.41, 5.74) is 2.12. The number of anilines is 3. The second kappa shape index (κ2) is 6.76. The summed E-state index contributed by atoms with van der Waals surface area (Å²) in [6.45, 7) is 2.92. The number of piperazine rings is 1. The van der Waals surface area contributed by atoms with E-state index < -0.39 is 0 Å². The van der Waals surface area contributed by atoms with Crippen molar-refractivity contribution in [3.63, 3.8) is 0 Å². The molecule has 1 aromatic carbocycles. The number of carbonyl (C=O) groups excluding carboxylic acids is 1. The quantitative estimate of drug-likeness (QED) is 0.839. The summed E-state index contributed by atoms with van der Waals surface area (Å²) in [5, 5.41) is 6.54. The number of hydrogen-bond acceptors (Lipinski definition) is 5. The molecule has 5 rings (SSSR count). The third-order valence-electron chi connectivity index (χ3n) is 6.69. The monoisotopic (exact) mass is 377 g/mol. The number of amides is 1. The molecule has 2 atom stereocenters. The molecule has 2 aliphatic heterocycles. The van der Waals surface area contributed by atoms with E-state index >= 15 is 0 Å². The van der Waals surface area contributed by atoms with E-state index in [4.69, 9.17) is 4.98 Å². The van der Waals surface area contributed by atoms with Crippen molar-refractivity contribution in [3.8, 4) is 0 Å². The van der Waals surface area contributed by atoms with Crippen LogP contribution in [0.3, 0.4) is 0 Å². The van der Waals surface area contributed by atoms with Crippen LogP contribution in [-0.2, 0) is 11.2 Å². The van der Waals surface area contributed by atoms with Crippen LogP contribution < -0.4 is 15.5 Å². The first-order valence-corrected chi connectivity index (χ1v) is 10.4. The van der Waals surface area contributed by atoms with Gasteiger partial charge in [0.05, 0.1) is 5.54 Å². The fourth-order valence-electron chi connectivity index (χ4n) is 5.21. The van der Waals surface area contributed by atoms with E-state index in [-0.39, 0.29) is 23.4 Å². The lowest BCUT2D eigenvalue weighted by Crippen LogP contribution is -2.69. The minimum Gasteiger partial charge on any atom is -0.352 e. The zero-order valence-electron chi connectivity index (χ0n) is 16.3. The molecule has 2 aromatic rings. The molecule has 146 valence electrons. The smallest absolute Gasteiger partial charge is 0.243 e. The predicted octanol–water partition coefficient (Wildman–Crippen LogP) is 3.42. The van der Waals surface area contributed by atoms with Crippen molar-refractivity contribution in [2.75, 3.05) is 16.8 Å². The molecule has 1 aliphatic carbocycles. The van der Waals surface area contributed by atoms with E-state index in [0.717, 1.165) is 49.3 Å². The number of para-hydroxylation sites is 1. The van der Waals surface area contributed by atoms with Crippen LogP contribution in [0.5, 0.6) is 0 Å². The normalized spacial score (nSPS) is 25.6. The number of rotatable bonds is 2. The van der Waals surface area contributed by atoms with Crippen molar-refractivity contribution in [3.05, 3.63) is 42.1 Å². The van der Waals surface area contributed by atoms with Gasteiger partial charge in [-0.05, 0) is 43.7 Å². The molecule has 2 N–H and O–H groups in total. The summed E-state index contributed by atoms with van der Waals surface area (Å²) in [7, 11) is 0. The van der Waals surface area contributed by atoms with E-state index in [0.29, 0.717) is 5.95 Å². The van der Waals surface area contributed by atoms with Gasteiger partial charge in [-0.2, -0.15) is 4.98 Å². The number of nitrogens with zero attached hydrogens (tertiary/aromatic N) is 3. The molecule has 1 saturated heterocycles. The molecule has 0 radical (unpaired) electrons. The molecular weight excluding hydrogens is 350 g/mol. The molecule has 0 bridgehead atoms. The predicted molar refractivity (Wildman–Crippen MR) is 110 cm³/mol. The molecule has 3 heterocycles. The highest BCUT2D eigenvalue weighted by molar-refractivity contribution is 5.88. The first-order valence-electron chi connectivity index (χ1n) is 10.4. The van der Waals surface area contributed by atoms with E-state index in [1.807, 2.05) is 36.5 Å². The maximum Gasteiger partial charge on any atom is 0.243 e. The van der Waals surface area contributed by atoms with E-state index in [9.17, 15) is 4.79 Å². The van der Waals surface area contributed by atoms with Crippen LogP contribution in [-0.4, -0.2) is 34.0 Å². The standard InChI is InChI=1S/C22H27N5O/c1-15-9-10-16-13-23-21(25-17-7-3-2-4-8-17)26-19(16)27-18(15)20(28)24-14-22(27)11-5-6-12-22/h2-4,7-8,13,15,18H,5-6,9-12,14H2,1H3,(H,24,28)(H,23,25,26). The zero-order chi connectivity index (χ0) is 19.1. The molecule has 1 aromatic heterocycles. The summed E-state index contributed by atoms with van der Waals surface area (Å²) in [6.07, 6.45) is 8.50. The summed E-state index contributed by atoms with van der Waals surface area (Å²) in [5.74, 6) is 1.99. The van der Waals surface area contributed by atoms with Crippen molar-refractivity contribution < 1.29 is 4.79 Å². The summed E-state index contributed by atoms with van der Waals surface area (Å²) in [4.78, 5) is 24.8. The van der Waals surface area contributed by atoms with Gasteiger partial charge in [0, 0.05) is 24.0 Å². The molecule has 1 saturated carbocycles. The highest BCUT2D eigenvalue weighted by Crippen LogP contribution is 2.45. The highest BCUT2D eigenvalue weighted by atomic mass is 16.2. The van der Waals surface area contributed by atoms with Gasteiger partial charge >= 0.3 is 0 Å². The Balaban J connectivity index is 1.59. The molecule has 2 fully saturated rings. The van der Waals surface area contributed by atoms with Crippen molar-refractivity contribution in [2.45, 2.75) is 57.0 Å². The minimum absolute atomic E-state index is 0.00963. The molecule has 2 unspecified atom stereocenters. The molecule has 6 nitrogen and oxygen atoms in total. The first kappa shape index (κ1) is 17.5. The average Bonchev–Trinajstić information content (AvgIpc) is 3.12. The highest BCUT2D eigenvalue weighted by Gasteiger charge is 2.52. The fourth-order valence-corrected chi connectivity index (χ4v) is 5.21. The largest absolute Gasteiger partial charge is 0.352 e. The summed E-state index contributed by atoms with van der Waals surface area (Å²) < 4.78 is 0. The van der Waals surface area contributed by atoms with Gasteiger partial charge in [-0.15, -0.1) is 0 Å². The molecule has 28 heavy (non-hydrogen) atoms. The van der Waals surface area contributed by atoms with Gasteiger partial charge in [-0.3, -0.25) is 4.79 Å². The Labute approximate surface area is 165 Å². The molecule has 6 heteroatoms. The van der Waals surface area contributed by atoms with E-state index in [1.165, 1.54) is 12.8 Å². The second-order valence-corrected chi connectivity index (χ2v) is 8.51. The number of hydrogen-bond donors (Lipinski definition) is 2. The zero-order valence-corrected chi connectivity index (χ0v) is 16.3. The van der Waals surface area contributed by atoms with Crippen molar-refractivity contribution in [2.24, 2.45) is 5.92 Å². The van der Waals surface area contributed by atoms with Gasteiger partial charge in [0.1, 0.15) is 11.9 Å². The number of fused-ring (bicyclic) bond motifs is 4. The Morgan fingerprint density at radius 1 is 1.21 bits per heavy atom. The minimum atomic E-state index is -0.146. The lowest BCUT2D eigenvalue weighted by atomic mass is 9.85. The maximum atomic E-state index is 12.9. The number of benzene rings is 1. The molecule has 1 amide bonds. The molecule has 1 spiro atoms. The maximum absolute atomic E-state index is 12.9. The Kier molecular flexibility index (Phi) is 4.22. The number of carbonyl (C=O) groups is 1. The lowest BCUT2D eigenvalue weighted by molar-refractivity contribution is -0.126. The topological polar surface area (TPSA) is 70.2 Å². The third kappa shape index (κ3) is 2.82. The SMILES string of the molecule is CC1CCc2cnc(Nc3ccccc3)nc2N2C1C(=O)NCC21CCCC1. The Hall–Kier alpha value is -2.63. The van der Waals surface area contributed by atoms with Crippen LogP contribution in [0, 0.1) is 5.92 Å². The van der Waals surface area contributed by atoms with Gasteiger partial charge in [0.15, 0.2) is 0 Å². The van der Waals surface area contributed by atoms with Gasteiger partial charge in [-0.1, -0.05) is 38.0 Å². The number of aryl methyl sites for hydroxylation is 1. The first-order chi connectivity index (χ1) is 13.7. The lowest BCUT2D eigenvalue weighted by Gasteiger charge is -2.51. The van der Waals surface area contributed by atoms with Crippen molar-refractivity contribution in [1.82, 2.24) is 15.3 Å². The van der Waals surface area contributed by atoms with Crippen LogP contribution in [0.25, 0.3) is 0 Å². The fraction of sp³-hybridized carbons (Fsp3) is 0.500. The van der Waals surface area contributed by atoms with Gasteiger partial charge < -0.3 is 15.5 Å². The Bertz CT molecular complexity index is 878. The van der Waals surface area contributed by atoms with E-state index in [2.05, 4.69) is 27.4 Å². The molecular formula is C22H27N5O. The van der Waals surface area contributed by atoms with Crippen LogP contribution in [0.2, 0.25) is 0 Å². The summed E-state index contributed by atoms with van der Waals surface area (Å²) >= 11 is 0. The van der Waals surface area contributed by atoms with Gasteiger partial charge in [-0.25, -0.2) is 4.98 Å². The summed E-state index contributed by atoms with van der Waals surface area (Å²) in [6, 6.07) is 9.84. The van der Waals surface area contributed by atoms with Crippen LogP contribution in [0.4, 0.5) is 17.5 Å². The Morgan fingerprint density at radius 2 is 2.00 bits per heavy atom. The van der Waals surface area contributed by atoms with E-state index in [1.54, 1.807) is 0 Å². The van der Waals surface area contributed by atoms with Crippen molar-refractivity contribution >= 4 is 23.4 Å². The second-order valence-electron chi connectivity index (χ2n) is 8.51. The number of aromatic nitrogens is 2. The molecule has 3 aliphatic rings. The average molecular weight is 377 g/mol. The Morgan fingerprint density at radius 3 is 2.79 bits per heavy atom.